The molecule has 5 heteroatoms. The van der Waals surface area contributed by atoms with E-state index in [2.05, 4.69) is 27.3 Å². The summed E-state index contributed by atoms with van der Waals surface area (Å²) < 4.78 is 0. The molecule has 1 atom stereocenters. The molecule has 5 nitrogen and oxygen atoms in total. The Morgan fingerprint density at radius 2 is 1.90 bits per heavy atom. The summed E-state index contributed by atoms with van der Waals surface area (Å²) in [6, 6.07) is 10.1. The van der Waals surface area contributed by atoms with Crippen molar-refractivity contribution in [1.82, 2.24) is 10.2 Å². The van der Waals surface area contributed by atoms with Crippen LogP contribution < -0.4 is 16.8 Å². The molecule has 0 aliphatic carbocycles. The van der Waals surface area contributed by atoms with Crippen LogP contribution in [0.2, 0.25) is 0 Å². The van der Waals surface area contributed by atoms with Crippen LogP contribution in [0.25, 0.3) is 0 Å². The number of hydrogen-bond donors (Lipinski definition) is 3. The van der Waals surface area contributed by atoms with Crippen LogP contribution in [0, 0.1) is 0 Å². The third-order valence-corrected chi connectivity index (χ3v) is 3.96. The first-order valence-corrected chi connectivity index (χ1v) is 7.07. The molecule has 0 amide bonds. The summed E-state index contributed by atoms with van der Waals surface area (Å²) in [7, 11) is 0. The van der Waals surface area contributed by atoms with Crippen molar-refractivity contribution in [3.8, 4) is 0 Å². The lowest BCUT2D eigenvalue weighted by molar-refractivity contribution is 0.374. The molecule has 2 aliphatic rings. The summed E-state index contributed by atoms with van der Waals surface area (Å²) >= 11 is 0. The van der Waals surface area contributed by atoms with Gasteiger partial charge in [0.1, 0.15) is 5.82 Å². The maximum absolute atomic E-state index is 6.45. The van der Waals surface area contributed by atoms with Crippen LogP contribution in [0.5, 0.6) is 0 Å². The van der Waals surface area contributed by atoms with E-state index < -0.39 is 5.66 Å². The molecule has 2 heterocycles. The van der Waals surface area contributed by atoms with E-state index in [-0.39, 0.29) is 0 Å². The average Bonchev–Trinajstić information content (AvgIpc) is 2.97. The largest absolute Gasteiger partial charge is 0.396 e. The highest BCUT2D eigenvalue weighted by Crippen LogP contribution is 2.25. The lowest BCUT2D eigenvalue weighted by atomic mass is 9.97. The van der Waals surface area contributed by atoms with Gasteiger partial charge in [0, 0.05) is 19.5 Å². The summed E-state index contributed by atoms with van der Waals surface area (Å²) in [5.74, 6) is 0.927. The van der Waals surface area contributed by atoms with Crippen molar-refractivity contribution in [2.75, 3.05) is 13.1 Å². The Labute approximate surface area is 119 Å². The fourth-order valence-corrected chi connectivity index (χ4v) is 2.81. The predicted molar refractivity (Wildman–Crippen MR) is 80.7 cm³/mol. The normalized spacial score (nSPS) is 25.9. The van der Waals surface area contributed by atoms with Crippen molar-refractivity contribution in [1.29, 1.82) is 0 Å². The van der Waals surface area contributed by atoms with E-state index in [9.17, 15) is 0 Å². The monoisotopic (exact) mass is 271 g/mol. The topological polar surface area (TPSA) is 79.7 Å². The zero-order valence-corrected chi connectivity index (χ0v) is 11.5. The van der Waals surface area contributed by atoms with Gasteiger partial charge in [0.05, 0.1) is 12.0 Å². The Morgan fingerprint density at radius 3 is 2.60 bits per heavy atom. The molecule has 0 saturated carbocycles. The molecule has 1 saturated heterocycles. The second-order valence-electron chi connectivity index (χ2n) is 5.45. The first-order chi connectivity index (χ1) is 9.69. The molecule has 0 radical (unpaired) electrons. The summed E-state index contributed by atoms with van der Waals surface area (Å²) in [5, 5.41) is 3.16. The van der Waals surface area contributed by atoms with Gasteiger partial charge in [-0.3, -0.25) is 0 Å². The van der Waals surface area contributed by atoms with Crippen molar-refractivity contribution < 1.29 is 0 Å². The Hall–Kier alpha value is -2.01. The lowest BCUT2D eigenvalue weighted by Crippen LogP contribution is -2.52. The first-order valence-electron chi connectivity index (χ1n) is 7.07. The van der Waals surface area contributed by atoms with Crippen LogP contribution in [-0.4, -0.2) is 30.0 Å². The number of likely N-dealkylation sites (tertiary alicyclic amines) is 1. The fourth-order valence-electron chi connectivity index (χ4n) is 2.81. The lowest BCUT2D eigenvalue weighted by Gasteiger charge is -2.34. The molecule has 0 bridgehead atoms. The quantitative estimate of drug-likeness (QED) is 0.757. The molecular weight excluding hydrogens is 250 g/mol. The van der Waals surface area contributed by atoms with Crippen molar-refractivity contribution in [2.45, 2.75) is 24.9 Å². The maximum atomic E-state index is 6.45. The van der Waals surface area contributed by atoms with Gasteiger partial charge in [0.2, 0.25) is 0 Å². The highest BCUT2D eigenvalue weighted by atomic mass is 15.3. The Kier molecular flexibility index (Phi) is 3.36. The molecule has 1 fully saturated rings. The van der Waals surface area contributed by atoms with Crippen LogP contribution in [0.15, 0.2) is 46.8 Å². The van der Waals surface area contributed by atoms with Crippen LogP contribution in [0.4, 0.5) is 0 Å². The molecular formula is C15H21N5. The maximum Gasteiger partial charge on any atom is 0.157 e. The summed E-state index contributed by atoms with van der Waals surface area (Å²) in [5.41, 5.74) is 13.7. The van der Waals surface area contributed by atoms with Crippen LogP contribution in [-0.2, 0) is 6.42 Å². The van der Waals surface area contributed by atoms with E-state index >= 15 is 0 Å². The van der Waals surface area contributed by atoms with Crippen molar-refractivity contribution >= 4 is 6.34 Å². The molecule has 1 aromatic carbocycles. The Morgan fingerprint density at radius 1 is 1.20 bits per heavy atom. The second kappa shape index (κ2) is 5.17. The zero-order chi connectivity index (χ0) is 14.0. The number of nitrogens with two attached hydrogens (primary N) is 2. The van der Waals surface area contributed by atoms with Gasteiger partial charge in [-0.05, 0) is 18.4 Å². The second-order valence-corrected chi connectivity index (χ2v) is 5.45. The van der Waals surface area contributed by atoms with E-state index in [1.807, 2.05) is 18.2 Å². The van der Waals surface area contributed by atoms with Crippen molar-refractivity contribution in [3.63, 3.8) is 0 Å². The smallest absolute Gasteiger partial charge is 0.157 e. The van der Waals surface area contributed by atoms with E-state index in [0.29, 0.717) is 12.1 Å². The molecule has 3 rings (SSSR count). The zero-order valence-electron chi connectivity index (χ0n) is 11.5. The Balaban J connectivity index is 1.87. The fraction of sp³-hybridized carbons (Fsp3) is 0.400. The van der Waals surface area contributed by atoms with Gasteiger partial charge in [-0.2, -0.15) is 0 Å². The van der Waals surface area contributed by atoms with Crippen molar-refractivity contribution in [2.24, 2.45) is 16.5 Å². The van der Waals surface area contributed by atoms with Crippen molar-refractivity contribution in [3.05, 3.63) is 47.4 Å². The van der Waals surface area contributed by atoms with Gasteiger partial charge in [-0.15, -0.1) is 0 Å². The SMILES string of the molecule is NC1=C(N2CCCC2)NC=NC1(N)Cc1ccccc1. The number of benzene rings is 1. The minimum Gasteiger partial charge on any atom is -0.396 e. The number of nitrogens with one attached hydrogen (secondary N) is 1. The van der Waals surface area contributed by atoms with Crippen LogP contribution in [0.3, 0.4) is 0 Å². The third kappa shape index (κ3) is 2.36. The number of nitrogens with zero attached hydrogens (tertiary/aromatic N) is 2. The van der Waals surface area contributed by atoms with Gasteiger partial charge in [-0.25, -0.2) is 4.99 Å². The first kappa shape index (κ1) is 13.0. The molecule has 106 valence electrons. The Bertz CT molecular complexity index is 530. The highest BCUT2D eigenvalue weighted by Gasteiger charge is 2.34. The van der Waals surface area contributed by atoms with Gasteiger partial charge >= 0.3 is 0 Å². The minimum atomic E-state index is -0.857. The summed E-state index contributed by atoms with van der Waals surface area (Å²) in [6.07, 6.45) is 4.68. The number of aliphatic imine (C=N–C) groups is 1. The number of rotatable bonds is 3. The van der Waals surface area contributed by atoms with Crippen LogP contribution in [0.1, 0.15) is 18.4 Å². The van der Waals surface area contributed by atoms with E-state index in [1.165, 1.54) is 12.8 Å². The molecule has 20 heavy (non-hydrogen) atoms. The molecule has 0 spiro atoms. The summed E-state index contributed by atoms with van der Waals surface area (Å²) in [4.78, 5) is 6.65. The molecule has 0 aromatic heterocycles. The molecule has 2 aliphatic heterocycles. The molecule has 1 aromatic rings. The van der Waals surface area contributed by atoms with E-state index in [1.54, 1.807) is 6.34 Å². The predicted octanol–water partition coefficient (Wildman–Crippen LogP) is 0.739. The van der Waals surface area contributed by atoms with Gasteiger partial charge in [0.25, 0.3) is 0 Å². The van der Waals surface area contributed by atoms with E-state index in [4.69, 9.17) is 11.5 Å². The standard InChI is InChI=1S/C15H21N5/c16-13-14(20-8-4-5-9-20)18-11-19-15(13,17)10-12-6-2-1-3-7-12/h1-3,6-7,11H,4-5,8-10,16-17H2,(H,18,19). The summed E-state index contributed by atoms with van der Waals surface area (Å²) in [6.45, 7) is 2.05. The molecule has 5 N–H and O–H groups in total. The third-order valence-electron chi connectivity index (χ3n) is 3.96. The number of hydrogen-bond acceptors (Lipinski definition) is 5. The molecule has 1 unspecified atom stereocenters. The highest BCUT2D eigenvalue weighted by molar-refractivity contribution is 5.62. The average molecular weight is 271 g/mol. The van der Waals surface area contributed by atoms with Gasteiger partial charge in [-0.1, -0.05) is 30.3 Å². The minimum absolute atomic E-state index is 0.606. The van der Waals surface area contributed by atoms with E-state index in [0.717, 1.165) is 24.5 Å². The van der Waals surface area contributed by atoms with Gasteiger partial charge < -0.3 is 21.7 Å². The van der Waals surface area contributed by atoms with Gasteiger partial charge in [0.15, 0.2) is 5.66 Å². The van der Waals surface area contributed by atoms with Crippen LogP contribution >= 0.6 is 0 Å².